The third-order valence-corrected chi connectivity index (χ3v) is 6.06. The molecule has 3 aliphatic rings. The van der Waals surface area contributed by atoms with Crippen molar-refractivity contribution in [2.75, 3.05) is 24.5 Å². The Morgan fingerprint density at radius 3 is 2.62 bits per heavy atom. The van der Waals surface area contributed by atoms with Gasteiger partial charge in [0.2, 0.25) is 5.95 Å². The largest absolute Gasteiger partial charge is 0.487 e. The van der Waals surface area contributed by atoms with Crippen molar-refractivity contribution in [1.82, 2.24) is 15.3 Å². The van der Waals surface area contributed by atoms with Gasteiger partial charge in [-0.25, -0.2) is 9.97 Å². The first-order valence-electron chi connectivity index (χ1n) is 9.85. The number of hydrogen-bond acceptors (Lipinski definition) is 5. The van der Waals surface area contributed by atoms with Crippen molar-refractivity contribution in [2.24, 2.45) is 5.92 Å². The molecule has 2 aromatic rings. The monoisotopic (exact) mass is 350 g/mol. The summed E-state index contributed by atoms with van der Waals surface area (Å²) in [5.74, 6) is 2.79. The number of para-hydroxylation sites is 1. The van der Waals surface area contributed by atoms with Gasteiger partial charge < -0.3 is 15.0 Å². The summed E-state index contributed by atoms with van der Waals surface area (Å²) in [6.45, 7) is 3.03. The number of piperidine rings is 1. The highest BCUT2D eigenvalue weighted by Gasteiger charge is 2.43. The lowest BCUT2D eigenvalue weighted by Crippen LogP contribution is -2.52. The molecule has 1 atom stereocenters. The highest BCUT2D eigenvalue weighted by atomic mass is 16.5. The van der Waals surface area contributed by atoms with E-state index < -0.39 is 0 Å². The molecule has 26 heavy (non-hydrogen) atoms. The summed E-state index contributed by atoms with van der Waals surface area (Å²) < 4.78 is 6.59. The average molecular weight is 350 g/mol. The molecule has 5 heteroatoms. The first-order chi connectivity index (χ1) is 12.8. The highest BCUT2D eigenvalue weighted by molar-refractivity contribution is 5.40. The molecular formula is C21H26N4O. The van der Waals surface area contributed by atoms with Gasteiger partial charge in [-0.3, -0.25) is 0 Å². The van der Waals surface area contributed by atoms with E-state index in [0.29, 0.717) is 6.04 Å². The number of fused-ring (bicyclic) bond motifs is 1. The number of rotatable bonds is 4. The molecule has 1 aromatic carbocycles. The number of benzene rings is 1. The average Bonchev–Trinajstić information content (AvgIpc) is 3.52. The van der Waals surface area contributed by atoms with E-state index in [1.54, 1.807) is 0 Å². The normalized spacial score (nSPS) is 24.2. The standard InChI is InChI=1S/C21H26N4O/c1-2-5-19-17(4-1)18(24-15-16-6-7-16)14-21(26-19)8-12-25(13-9-21)20-22-10-3-11-23-20/h1-5,10-11,16,18,24H,6-9,12-15H2. The van der Waals surface area contributed by atoms with Crippen LogP contribution < -0.4 is 15.0 Å². The van der Waals surface area contributed by atoms with Crippen LogP contribution in [0.3, 0.4) is 0 Å². The molecule has 1 spiro atoms. The van der Waals surface area contributed by atoms with E-state index in [2.05, 4.69) is 44.5 Å². The number of aromatic nitrogens is 2. The molecule has 2 aliphatic heterocycles. The summed E-state index contributed by atoms with van der Waals surface area (Å²) in [5, 5.41) is 3.84. The summed E-state index contributed by atoms with van der Waals surface area (Å²) in [4.78, 5) is 11.1. The predicted octanol–water partition coefficient (Wildman–Crippen LogP) is 3.34. The van der Waals surface area contributed by atoms with E-state index in [4.69, 9.17) is 4.74 Å². The second-order valence-corrected chi connectivity index (χ2v) is 7.97. The Kier molecular flexibility index (Phi) is 4.04. The Labute approximate surface area is 154 Å². The first-order valence-corrected chi connectivity index (χ1v) is 9.85. The zero-order valence-electron chi connectivity index (χ0n) is 15.1. The SMILES string of the molecule is c1cnc(N2CCC3(CC2)CC(NCC2CC2)c2ccccc2O3)nc1. The van der Waals surface area contributed by atoms with Crippen molar-refractivity contribution in [1.29, 1.82) is 0 Å². The molecule has 0 radical (unpaired) electrons. The van der Waals surface area contributed by atoms with E-state index >= 15 is 0 Å². The summed E-state index contributed by atoms with van der Waals surface area (Å²) in [5.41, 5.74) is 1.26. The molecule has 0 bridgehead atoms. The molecule has 1 saturated heterocycles. The van der Waals surface area contributed by atoms with Gasteiger partial charge in [0.05, 0.1) is 0 Å². The molecule has 1 aliphatic carbocycles. The summed E-state index contributed by atoms with van der Waals surface area (Å²) in [6.07, 6.45) is 9.49. The van der Waals surface area contributed by atoms with E-state index in [9.17, 15) is 0 Å². The van der Waals surface area contributed by atoms with E-state index in [0.717, 1.165) is 56.5 Å². The number of ether oxygens (including phenoxy) is 1. The molecule has 2 fully saturated rings. The van der Waals surface area contributed by atoms with Crippen molar-refractivity contribution >= 4 is 5.95 Å². The number of nitrogens with zero attached hydrogens (tertiary/aromatic N) is 3. The molecule has 136 valence electrons. The van der Waals surface area contributed by atoms with Crippen LogP contribution in [-0.4, -0.2) is 35.2 Å². The van der Waals surface area contributed by atoms with Crippen LogP contribution in [-0.2, 0) is 0 Å². The van der Waals surface area contributed by atoms with Crippen LogP contribution in [0.15, 0.2) is 42.7 Å². The molecule has 1 saturated carbocycles. The van der Waals surface area contributed by atoms with Crippen molar-refractivity contribution in [3.8, 4) is 5.75 Å². The van der Waals surface area contributed by atoms with Crippen LogP contribution in [0.1, 0.15) is 43.7 Å². The van der Waals surface area contributed by atoms with Crippen molar-refractivity contribution in [3.63, 3.8) is 0 Å². The van der Waals surface area contributed by atoms with Gasteiger partial charge in [0.1, 0.15) is 11.4 Å². The third-order valence-electron chi connectivity index (χ3n) is 6.06. The van der Waals surface area contributed by atoms with Crippen LogP contribution in [0.4, 0.5) is 5.95 Å². The lowest BCUT2D eigenvalue weighted by molar-refractivity contribution is 0.00797. The molecule has 5 rings (SSSR count). The Bertz CT molecular complexity index is 754. The molecule has 1 aromatic heterocycles. The highest BCUT2D eigenvalue weighted by Crippen LogP contribution is 2.44. The maximum atomic E-state index is 6.59. The molecule has 0 amide bonds. The smallest absolute Gasteiger partial charge is 0.225 e. The van der Waals surface area contributed by atoms with Crippen LogP contribution in [0.25, 0.3) is 0 Å². The number of nitrogens with one attached hydrogen (secondary N) is 1. The van der Waals surface area contributed by atoms with E-state index in [-0.39, 0.29) is 5.60 Å². The van der Waals surface area contributed by atoms with E-state index in [1.165, 1.54) is 18.4 Å². The van der Waals surface area contributed by atoms with Crippen molar-refractivity contribution in [3.05, 3.63) is 48.3 Å². The fraction of sp³-hybridized carbons (Fsp3) is 0.524. The number of anilines is 1. The van der Waals surface area contributed by atoms with Crippen molar-refractivity contribution < 1.29 is 4.74 Å². The van der Waals surface area contributed by atoms with Gasteiger partial charge in [0.25, 0.3) is 0 Å². The lowest BCUT2D eigenvalue weighted by Gasteiger charge is -2.47. The summed E-state index contributed by atoms with van der Waals surface area (Å²) in [7, 11) is 0. The Morgan fingerprint density at radius 1 is 1.08 bits per heavy atom. The molecule has 1 unspecified atom stereocenters. The van der Waals surface area contributed by atoms with Crippen LogP contribution in [0.2, 0.25) is 0 Å². The Hall–Kier alpha value is -2.14. The number of hydrogen-bond donors (Lipinski definition) is 1. The summed E-state index contributed by atoms with van der Waals surface area (Å²) >= 11 is 0. The zero-order valence-corrected chi connectivity index (χ0v) is 15.1. The van der Waals surface area contributed by atoms with Gasteiger partial charge in [-0.2, -0.15) is 0 Å². The first kappa shape index (κ1) is 16.1. The van der Waals surface area contributed by atoms with Crippen LogP contribution >= 0.6 is 0 Å². The second kappa shape index (κ2) is 6.54. The lowest BCUT2D eigenvalue weighted by atomic mass is 9.80. The quantitative estimate of drug-likeness (QED) is 0.916. The maximum absolute atomic E-state index is 6.59. The van der Waals surface area contributed by atoms with Crippen molar-refractivity contribution in [2.45, 2.75) is 43.7 Å². The molecule has 5 nitrogen and oxygen atoms in total. The molecular weight excluding hydrogens is 324 g/mol. The fourth-order valence-electron chi connectivity index (χ4n) is 4.31. The minimum absolute atomic E-state index is 0.0686. The topological polar surface area (TPSA) is 50.3 Å². The maximum Gasteiger partial charge on any atom is 0.225 e. The second-order valence-electron chi connectivity index (χ2n) is 7.97. The van der Waals surface area contributed by atoms with Gasteiger partial charge in [-0.1, -0.05) is 18.2 Å². The minimum Gasteiger partial charge on any atom is -0.487 e. The van der Waals surface area contributed by atoms with Crippen LogP contribution in [0, 0.1) is 5.92 Å². The van der Waals surface area contributed by atoms with Gasteiger partial charge in [-0.15, -0.1) is 0 Å². The van der Waals surface area contributed by atoms with Gasteiger partial charge in [0.15, 0.2) is 0 Å². The third kappa shape index (κ3) is 3.16. The van der Waals surface area contributed by atoms with E-state index in [1.807, 2.05) is 18.5 Å². The zero-order chi connectivity index (χ0) is 17.4. The Morgan fingerprint density at radius 2 is 1.85 bits per heavy atom. The fourth-order valence-corrected chi connectivity index (χ4v) is 4.31. The van der Waals surface area contributed by atoms with Gasteiger partial charge >= 0.3 is 0 Å². The summed E-state index contributed by atoms with van der Waals surface area (Å²) in [6, 6.07) is 10.8. The van der Waals surface area contributed by atoms with Crippen LogP contribution in [0.5, 0.6) is 5.75 Å². The molecule has 1 N–H and O–H groups in total. The van der Waals surface area contributed by atoms with Gasteiger partial charge in [0, 0.05) is 56.4 Å². The minimum atomic E-state index is -0.0686. The molecule has 3 heterocycles. The Balaban J connectivity index is 1.33. The predicted molar refractivity (Wildman–Crippen MR) is 101 cm³/mol. The van der Waals surface area contributed by atoms with Gasteiger partial charge in [-0.05, 0) is 37.4 Å².